The quantitative estimate of drug-likeness (QED) is 0.313. The molecule has 1 rings (SSSR count). The summed E-state index contributed by atoms with van der Waals surface area (Å²) in [5.41, 5.74) is 1.68. The van der Waals surface area contributed by atoms with E-state index in [9.17, 15) is 14.0 Å². The summed E-state index contributed by atoms with van der Waals surface area (Å²) in [6, 6.07) is 5.44. The topological polar surface area (TPSA) is 52.6 Å². The van der Waals surface area contributed by atoms with Crippen molar-refractivity contribution in [2.45, 2.75) is 78.6 Å². The minimum atomic E-state index is -0.363. The van der Waals surface area contributed by atoms with Crippen LogP contribution in [0.2, 0.25) is 0 Å². The van der Waals surface area contributed by atoms with Gasteiger partial charge in [-0.05, 0) is 42.9 Å². The summed E-state index contributed by atoms with van der Waals surface area (Å²) in [5.74, 6) is -0.975. The molecule has 0 radical (unpaired) electrons. The standard InChI is InChI=1S/C23H35FO4/c1-4-5-6-7-8-9-10-22-14-13-20(15-23(22)24)11-12-21(16-27-18(2)25)17-28-19(3)26/h13-15,21H,4-12,16-17H2,1-3H3. The van der Waals surface area contributed by atoms with Gasteiger partial charge >= 0.3 is 11.9 Å². The molecule has 0 amide bonds. The number of unbranched alkanes of at least 4 members (excludes halogenated alkanes) is 5. The Morgan fingerprint density at radius 3 is 2.11 bits per heavy atom. The molecule has 0 aliphatic heterocycles. The predicted octanol–water partition coefficient (Wildman–Crippen LogP) is 5.40. The summed E-state index contributed by atoms with van der Waals surface area (Å²) in [6.45, 7) is 5.29. The van der Waals surface area contributed by atoms with Crippen LogP contribution in [0.25, 0.3) is 0 Å². The van der Waals surface area contributed by atoms with Gasteiger partial charge in [0, 0.05) is 19.8 Å². The number of ether oxygens (including phenoxy) is 2. The largest absolute Gasteiger partial charge is 0.465 e. The van der Waals surface area contributed by atoms with Crippen LogP contribution in [0.15, 0.2) is 18.2 Å². The van der Waals surface area contributed by atoms with Gasteiger partial charge in [0.05, 0.1) is 13.2 Å². The molecule has 0 spiro atoms. The minimum Gasteiger partial charge on any atom is -0.465 e. The maximum absolute atomic E-state index is 14.4. The lowest BCUT2D eigenvalue weighted by molar-refractivity contribution is -0.146. The third kappa shape index (κ3) is 11.1. The molecule has 4 nitrogen and oxygen atoms in total. The second-order valence-electron chi connectivity index (χ2n) is 7.45. The number of hydrogen-bond donors (Lipinski definition) is 0. The van der Waals surface area contributed by atoms with Crippen LogP contribution in [-0.4, -0.2) is 25.2 Å². The maximum atomic E-state index is 14.4. The molecule has 0 bridgehead atoms. The van der Waals surface area contributed by atoms with Crippen LogP contribution >= 0.6 is 0 Å². The van der Waals surface area contributed by atoms with Crippen molar-refractivity contribution in [2.75, 3.05) is 13.2 Å². The third-order valence-electron chi connectivity index (χ3n) is 4.80. The molecule has 1 aromatic carbocycles. The van der Waals surface area contributed by atoms with Crippen LogP contribution in [-0.2, 0) is 31.9 Å². The lowest BCUT2D eigenvalue weighted by atomic mass is 9.98. The molecule has 0 aliphatic carbocycles. The molecule has 0 unspecified atom stereocenters. The number of rotatable bonds is 14. The zero-order valence-corrected chi connectivity index (χ0v) is 17.6. The first-order valence-electron chi connectivity index (χ1n) is 10.5. The van der Waals surface area contributed by atoms with E-state index < -0.39 is 0 Å². The highest BCUT2D eigenvalue weighted by molar-refractivity contribution is 5.66. The normalized spacial score (nSPS) is 10.9. The van der Waals surface area contributed by atoms with Crippen molar-refractivity contribution >= 4 is 11.9 Å². The molecule has 0 N–H and O–H groups in total. The van der Waals surface area contributed by atoms with Gasteiger partial charge in [-0.1, -0.05) is 51.2 Å². The van der Waals surface area contributed by atoms with Gasteiger partial charge in [-0.15, -0.1) is 0 Å². The monoisotopic (exact) mass is 394 g/mol. The van der Waals surface area contributed by atoms with E-state index in [4.69, 9.17) is 9.47 Å². The first kappa shape index (κ1) is 24.1. The fourth-order valence-electron chi connectivity index (χ4n) is 3.10. The number of hydrogen-bond acceptors (Lipinski definition) is 4. The molecule has 0 aromatic heterocycles. The summed E-state index contributed by atoms with van der Waals surface area (Å²) >= 11 is 0. The Balaban J connectivity index is 2.47. The van der Waals surface area contributed by atoms with Gasteiger partial charge in [0.25, 0.3) is 0 Å². The Labute approximate surface area is 168 Å². The molecule has 0 atom stereocenters. The highest BCUT2D eigenvalue weighted by Gasteiger charge is 2.14. The Bertz CT molecular complexity index is 582. The number of halogens is 1. The number of carbonyl (C=O) groups excluding carboxylic acids is 2. The van der Waals surface area contributed by atoms with E-state index in [-0.39, 0.29) is 36.9 Å². The molecule has 28 heavy (non-hydrogen) atoms. The summed E-state index contributed by atoms with van der Waals surface area (Å²) in [7, 11) is 0. The number of aryl methyl sites for hydroxylation is 2. The molecular weight excluding hydrogens is 359 g/mol. The summed E-state index contributed by atoms with van der Waals surface area (Å²) in [4.78, 5) is 22.0. The molecule has 0 aliphatic rings. The Hall–Kier alpha value is -1.91. The maximum Gasteiger partial charge on any atom is 0.302 e. The fourth-order valence-corrected chi connectivity index (χ4v) is 3.10. The molecule has 0 saturated heterocycles. The number of esters is 2. The minimum absolute atomic E-state index is 0.0985. The number of carbonyl (C=O) groups is 2. The van der Waals surface area contributed by atoms with E-state index in [0.29, 0.717) is 12.8 Å². The molecule has 5 heteroatoms. The fraction of sp³-hybridized carbons (Fsp3) is 0.652. The lowest BCUT2D eigenvalue weighted by Crippen LogP contribution is -2.20. The second-order valence-corrected chi connectivity index (χ2v) is 7.45. The SMILES string of the molecule is CCCCCCCCc1ccc(CCC(COC(C)=O)COC(C)=O)cc1F. The molecule has 158 valence electrons. The van der Waals surface area contributed by atoms with Crippen LogP contribution in [0.3, 0.4) is 0 Å². The van der Waals surface area contributed by atoms with Gasteiger partial charge < -0.3 is 9.47 Å². The zero-order chi connectivity index (χ0) is 20.8. The van der Waals surface area contributed by atoms with Crippen LogP contribution in [0, 0.1) is 11.7 Å². The molecule has 0 saturated carbocycles. The Morgan fingerprint density at radius 1 is 0.929 bits per heavy atom. The van der Waals surface area contributed by atoms with E-state index in [2.05, 4.69) is 6.92 Å². The smallest absolute Gasteiger partial charge is 0.302 e. The van der Waals surface area contributed by atoms with Gasteiger partial charge in [-0.25, -0.2) is 4.39 Å². The van der Waals surface area contributed by atoms with Gasteiger partial charge in [0.1, 0.15) is 5.82 Å². The third-order valence-corrected chi connectivity index (χ3v) is 4.80. The van der Waals surface area contributed by atoms with E-state index in [1.165, 1.54) is 39.5 Å². The van der Waals surface area contributed by atoms with Crippen molar-refractivity contribution in [3.8, 4) is 0 Å². The summed E-state index contributed by atoms with van der Waals surface area (Å²) < 4.78 is 24.5. The highest BCUT2D eigenvalue weighted by atomic mass is 19.1. The molecule has 1 aromatic rings. The van der Waals surface area contributed by atoms with Crippen molar-refractivity contribution < 1.29 is 23.5 Å². The Morgan fingerprint density at radius 2 is 1.54 bits per heavy atom. The first-order valence-corrected chi connectivity index (χ1v) is 10.5. The van der Waals surface area contributed by atoms with Gasteiger partial charge in [0.2, 0.25) is 0 Å². The van der Waals surface area contributed by atoms with Gasteiger partial charge in [-0.2, -0.15) is 0 Å². The molecule has 0 fully saturated rings. The van der Waals surface area contributed by atoms with E-state index in [0.717, 1.165) is 30.4 Å². The highest BCUT2D eigenvalue weighted by Crippen LogP contribution is 2.18. The van der Waals surface area contributed by atoms with Crippen LogP contribution in [0.1, 0.15) is 76.8 Å². The summed E-state index contributed by atoms with van der Waals surface area (Å²) in [5, 5.41) is 0. The summed E-state index contributed by atoms with van der Waals surface area (Å²) in [6.07, 6.45) is 9.23. The van der Waals surface area contributed by atoms with Crippen LogP contribution < -0.4 is 0 Å². The van der Waals surface area contributed by atoms with E-state index in [1.54, 1.807) is 6.07 Å². The van der Waals surface area contributed by atoms with Gasteiger partial charge in [-0.3, -0.25) is 9.59 Å². The van der Waals surface area contributed by atoms with E-state index >= 15 is 0 Å². The zero-order valence-electron chi connectivity index (χ0n) is 17.6. The first-order chi connectivity index (χ1) is 13.4. The molecule has 0 heterocycles. The van der Waals surface area contributed by atoms with Crippen molar-refractivity contribution in [1.29, 1.82) is 0 Å². The number of benzene rings is 1. The van der Waals surface area contributed by atoms with Crippen LogP contribution in [0.4, 0.5) is 4.39 Å². The van der Waals surface area contributed by atoms with Crippen molar-refractivity contribution in [3.63, 3.8) is 0 Å². The second kappa shape index (κ2) is 14.1. The van der Waals surface area contributed by atoms with Crippen LogP contribution in [0.5, 0.6) is 0 Å². The van der Waals surface area contributed by atoms with Crippen molar-refractivity contribution in [1.82, 2.24) is 0 Å². The average Bonchev–Trinajstić information content (AvgIpc) is 2.65. The van der Waals surface area contributed by atoms with Gasteiger partial charge in [0.15, 0.2) is 0 Å². The van der Waals surface area contributed by atoms with Crippen molar-refractivity contribution in [3.05, 3.63) is 35.1 Å². The predicted molar refractivity (Wildman–Crippen MR) is 109 cm³/mol. The molecular formula is C23H35FO4. The van der Waals surface area contributed by atoms with E-state index in [1.807, 2.05) is 12.1 Å². The Kier molecular flexibility index (Phi) is 12.2. The lowest BCUT2D eigenvalue weighted by Gasteiger charge is -2.16. The van der Waals surface area contributed by atoms with Crippen molar-refractivity contribution in [2.24, 2.45) is 5.92 Å². The average molecular weight is 395 g/mol.